The van der Waals surface area contributed by atoms with Gasteiger partial charge in [-0.1, -0.05) is 13.8 Å². The van der Waals surface area contributed by atoms with Crippen LogP contribution >= 0.6 is 0 Å². The molecule has 10 heavy (non-hydrogen) atoms. The molecule has 0 aromatic heterocycles. The van der Waals surface area contributed by atoms with Gasteiger partial charge in [0.25, 0.3) is 0 Å². The highest BCUT2D eigenvalue weighted by Crippen LogP contribution is 2.04. The number of hydrogen-bond donors (Lipinski definition) is 1. The Morgan fingerprint density at radius 2 is 2.40 bits per heavy atom. The molecule has 0 aromatic rings. The third-order valence-electron chi connectivity index (χ3n) is 1.70. The third kappa shape index (κ3) is 2.38. The molecule has 1 aliphatic heterocycles. The first-order valence-electron chi connectivity index (χ1n) is 4.06. The van der Waals surface area contributed by atoms with E-state index in [9.17, 15) is 0 Å². The molecule has 0 fully saturated rings. The summed E-state index contributed by atoms with van der Waals surface area (Å²) in [4.78, 5) is 4.31. The van der Waals surface area contributed by atoms with Crippen molar-refractivity contribution in [3.8, 4) is 0 Å². The molecule has 1 N–H and O–H groups in total. The van der Waals surface area contributed by atoms with Crippen molar-refractivity contribution in [1.29, 1.82) is 0 Å². The number of nitrogens with one attached hydrogen (secondary N) is 1. The quantitative estimate of drug-likeness (QED) is 0.630. The van der Waals surface area contributed by atoms with E-state index in [-0.39, 0.29) is 0 Å². The molecule has 0 unspecified atom stereocenters. The molecule has 0 radical (unpaired) electrons. The number of nitrogens with zero attached hydrogens (tertiary/aromatic N) is 1. The van der Waals surface area contributed by atoms with Crippen molar-refractivity contribution in [3.63, 3.8) is 0 Å². The van der Waals surface area contributed by atoms with Crippen LogP contribution in [0.1, 0.15) is 26.7 Å². The molecule has 2 heteroatoms. The topological polar surface area (TPSA) is 24.4 Å². The second-order valence-corrected chi connectivity index (χ2v) is 3.19. The summed E-state index contributed by atoms with van der Waals surface area (Å²) in [5, 5.41) is 3.26. The van der Waals surface area contributed by atoms with E-state index in [1.165, 1.54) is 12.3 Å². The molecule has 58 valence electrons. The Bertz CT molecular complexity index is 127. The van der Waals surface area contributed by atoms with E-state index in [4.69, 9.17) is 0 Å². The van der Waals surface area contributed by atoms with Crippen LogP contribution < -0.4 is 5.32 Å². The van der Waals surface area contributed by atoms with Gasteiger partial charge < -0.3 is 5.32 Å². The monoisotopic (exact) mass is 140 g/mol. The maximum absolute atomic E-state index is 4.31. The number of aliphatic imine (C=N–C) groups is 1. The van der Waals surface area contributed by atoms with Crippen LogP contribution in [0.15, 0.2) is 4.99 Å². The predicted octanol–water partition coefficient (Wildman–Crippen LogP) is 1.42. The smallest absolute Gasteiger partial charge is 0.0964 e. The van der Waals surface area contributed by atoms with Crippen molar-refractivity contribution in [1.82, 2.24) is 5.32 Å². The fourth-order valence-corrected chi connectivity index (χ4v) is 1.04. The average molecular weight is 140 g/mol. The zero-order valence-electron chi connectivity index (χ0n) is 6.85. The normalized spacial score (nSPS) is 17.3. The van der Waals surface area contributed by atoms with Gasteiger partial charge in [-0.2, -0.15) is 0 Å². The lowest BCUT2D eigenvalue weighted by molar-refractivity contribution is 0.600. The molecule has 1 aliphatic rings. The van der Waals surface area contributed by atoms with E-state index in [1.807, 2.05) is 0 Å². The van der Waals surface area contributed by atoms with Crippen LogP contribution in [0, 0.1) is 5.92 Å². The van der Waals surface area contributed by atoms with Gasteiger partial charge in [0.05, 0.1) is 12.4 Å². The molecule has 0 spiro atoms. The lowest BCUT2D eigenvalue weighted by atomic mass is 10.1. The average Bonchev–Trinajstić information content (AvgIpc) is 2.34. The Balaban J connectivity index is 2.13. The van der Waals surface area contributed by atoms with E-state index < -0.39 is 0 Å². The highest BCUT2D eigenvalue weighted by atomic mass is 15.1. The van der Waals surface area contributed by atoms with Gasteiger partial charge in [0, 0.05) is 13.0 Å². The molecular formula is C8H16N2. The summed E-state index contributed by atoms with van der Waals surface area (Å²) < 4.78 is 0. The maximum Gasteiger partial charge on any atom is 0.0964 e. The first kappa shape index (κ1) is 7.58. The van der Waals surface area contributed by atoms with Gasteiger partial charge in [-0.3, -0.25) is 4.99 Å². The van der Waals surface area contributed by atoms with Crippen LogP contribution in [0.25, 0.3) is 0 Å². The second-order valence-electron chi connectivity index (χ2n) is 3.19. The van der Waals surface area contributed by atoms with Gasteiger partial charge in [0.2, 0.25) is 0 Å². The van der Waals surface area contributed by atoms with Crippen LogP contribution in [0.4, 0.5) is 0 Å². The summed E-state index contributed by atoms with van der Waals surface area (Å²) in [6, 6.07) is 0. The molecule has 1 heterocycles. The molecule has 0 amide bonds. The van der Waals surface area contributed by atoms with E-state index in [2.05, 4.69) is 24.2 Å². The van der Waals surface area contributed by atoms with E-state index >= 15 is 0 Å². The highest BCUT2D eigenvalue weighted by molar-refractivity contribution is 5.83. The second kappa shape index (κ2) is 3.59. The van der Waals surface area contributed by atoms with E-state index in [0.717, 1.165) is 25.4 Å². The van der Waals surface area contributed by atoms with Gasteiger partial charge >= 0.3 is 0 Å². The molecule has 0 saturated heterocycles. The van der Waals surface area contributed by atoms with Crippen LogP contribution in [0.2, 0.25) is 0 Å². The Morgan fingerprint density at radius 1 is 1.60 bits per heavy atom. The van der Waals surface area contributed by atoms with Gasteiger partial charge in [0.15, 0.2) is 0 Å². The largest absolute Gasteiger partial charge is 0.372 e. The lowest BCUT2D eigenvalue weighted by Crippen LogP contribution is -2.18. The summed E-state index contributed by atoms with van der Waals surface area (Å²) >= 11 is 0. The minimum atomic E-state index is 0.796. The van der Waals surface area contributed by atoms with Gasteiger partial charge in [-0.15, -0.1) is 0 Å². The van der Waals surface area contributed by atoms with Gasteiger partial charge in [0.1, 0.15) is 0 Å². The fourth-order valence-electron chi connectivity index (χ4n) is 1.04. The van der Waals surface area contributed by atoms with E-state index in [1.54, 1.807) is 0 Å². The van der Waals surface area contributed by atoms with Crippen LogP contribution in [-0.4, -0.2) is 18.9 Å². The fraction of sp³-hybridized carbons (Fsp3) is 0.875. The predicted molar refractivity (Wildman–Crippen MR) is 44.4 cm³/mol. The minimum Gasteiger partial charge on any atom is -0.372 e. The van der Waals surface area contributed by atoms with E-state index in [0.29, 0.717) is 0 Å². The van der Waals surface area contributed by atoms with Crippen molar-refractivity contribution >= 4 is 5.84 Å². The van der Waals surface area contributed by atoms with Crippen LogP contribution in [-0.2, 0) is 0 Å². The Kier molecular flexibility index (Phi) is 2.72. The third-order valence-corrected chi connectivity index (χ3v) is 1.70. The Labute approximate surface area is 62.7 Å². The Hall–Kier alpha value is -0.530. The molecular weight excluding hydrogens is 124 g/mol. The van der Waals surface area contributed by atoms with Gasteiger partial charge in [-0.05, 0) is 12.3 Å². The molecule has 1 rings (SSSR count). The summed E-state index contributed by atoms with van der Waals surface area (Å²) in [6.07, 6.45) is 2.39. The summed E-state index contributed by atoms with van der Waals surface area (Å²) in [5.74, 6) is 2.01. The molecule has 0 aliphatic carbocycles. The first-order valence-corrected chi connectivity index (χ1v) is 4.06. The zero-order chi connectivity index (χ0) is 7.40. The number of rotatable bonds is 3. The molecule has 0 aromatic carbocycles. The Morgan fingerprint density at radius 3 is 2.90 bits per heavy atom. The van der Waals surface area contributed by atoms with Crippen molar-refractivity contribution in [2.45, 2.75) is 26.7 Å². The molecule has 0 bridgehead atoms. The SMILES string of the molecule is CC(C)CCC1=NCCN1. The number of amidine groups is 1. The van der Waals surface area contributed by atoms with Crippen molar-refractivity contribution in [2.75, 3.05) is 13.1 Å². The first-order chi connectivity index (χ1) is 4.79. The minimum absolute atomic E-state index is 0.796. The standard InChI is InChI=1S/C8H16N2/c1-7(2)3-4-8-9-5-6-10-8/h7H,3-6H2,1-2H3,(H,9,10). The van der Waals surface area contributed by atoms with Gasteiger partial charge in [-0.25, -0.2) is 0 Å². The molecule has 0 saturated carbocycles. The molecule has 0 atom stereocenters. The summed E-state index contributed by atoms with van der Waals surface area (Å²) in [6.45, 7) is 6.52. The maximum atomic E-state index is 4.31. The van der Waals surface area contributed by atoms with Crippen LogP contribution in [0.5, 0.6) is 0 Å². The van der Waals surface area contributed by atoms with Crippen LogP contribution in [0.3, 0.4) is 0 Å². The van der Waals surface area contributed by atoms with Crippen molar-refractivity contribution in [3.05, 3.63) is 0 Å². The zero-order valence-corrected chi connectivity index (χ0v) is 6.85. The summed E-state index contributed by atoms with van der Waals surface area (Å²) in [5.41, 5.74) is 0. The van der Waals surface area contributed by atoms with Crippen molar-refractivity contribution in [2.24, 2.45) is 10.9 Å². The molecule has 2 nitrogen and oxygen atoms in total. The van der Waals surface area contributed by atoms with Crippen molar-refractivity contribution < 1.29 is 0 Å². The summed E-state index contributed by atoms with van der Waals surface area (Å²) in [7, 11) is 0. The highest BCUT2D eigenvalue weighted by Gasteiger charge is 2.04. The lowest BCUT2D eigenvalue weighted by Gasteiger charge is -2.03. The number of hydrogen-bond acceptors (Lipinski definition) is 2.